The maximum atomic E-state index is 13.0. The minimum Gasteiger partial charge on any atom is -0.462 e. The summed E-state index contributed by atoms with van der Waals surface area (Å²) in [4.78, 5) is 72.2. The minimum absolute atomic E-state index is 0.104. The van der Waals surface area contributed by atoms with E-state index in [1.807, 2.05) is 0 Å². The summed E-state index contributed by atoms with van der Waals surface area (Å²) in [5.41, 5.74) is 0. The number of carbonyl (C=O) groups excluding carboxylic acids is 4. The Morgan fingerprint density at radius 2 is 0.545 bits per heavy atom. The number of esters is 4. The first-order valence-corrected chi connectivity index (χ1v) is 39.2. The van der Waals surface area contributed by atoms with Gasteiger partial charge in [0.2, 0.25) is 0 Å². The molecule has 522 valence electrons. The van der Waals surface area contributed by atoms with Crippen molar-refractivity contribution in [3.8, 4) is 0 Å². The van der Waals surface area contributed by atoms with Crippen molar-refractivity contribution in [2.24, 2.45) is 5.92 Å². The number of hydrogen-bond acceptors (Lipinski definition) is 15. The molecule has 0 rings (SSSR count). The van der Waals surface area contributed by atoms with Gasteiger partial charge in [0.15, 0.2) is 12.2 Å². The maximum Gasteiger partial charge on any atom is 0.472 e. The minimum atomic E-state index is -4.95. The van der Waals surface area contributed by atoms with Crippen molar-refractivity contribution < 1.29 is 80.2 Å². The summed E-state index contributed by atoms with van der Waals surface area (Å²) in [6, 6.07) is 0. The van der Waals surface area contributed by atoms with Gasteiger partial charge in [-0.25, -0.2) is 9.13 Å². The summed E-state index contributed by atoms with van der Waals surface area (Å²) in [6.07, 6.45) is 48.9. The SMILES string of the molecule is CCCCCCCCCCCCCCCCCCCCCCC(=O)O[C@H](COC(=O)CCCCCCCCCCCCC(C)CC)COP(=O)(O)OC[C@@H](O)COP(=O)(O)OC[C@@H](COC(=O)CCCCCCCCC)OC(=O)CCCCCCCCC. The van der Waals surface area contributed by atoms with Gasteiger partial charge in [-0.3, -0.25) is 37.3 Å². The van der Waals surface area contributed by atoms with E-state index < -0.39 is 97.5 Å². The normalized spacial score (nSPS) is 14.4. The van der Waals surface area contributed by atoms with E-state index in [1.54, 1.807) is 0 Å². The third-order valence-electron chi connectivity index (χ3n) is 16.4. The van der Waals surface area contributed by atoms with Crippen LogP contribution < -0.4 is 0 Å². The number of phosphoric acid groups is 2. The van der Waals surface area contributed by atoms with Gasteiger partial charge in [0.25, 0.3) is 0 Å². The van der Waals surface area contributed by atoms with Crippen molar-refractivity contribution in [1.29, 1.82) is 0 Å². The Balaban J connectivity index is 5.13. The lowest BCUT2D eigenvalue weighted by Crippen LogP contribution is -2.30. The molecule has 0 aromatic carbocycles. The zero-order valence-electron chi connectivity index (χ0n) is 56.9. The van der Waals surface area contributed by atoms with Crippen molar-refractivity contribution in [2.75, 3.05) is 39.6 Å². The molecule has 0 heterocycles. The summed E-state index contributed by atoms with van der Waals surface area (Å²) in [5, 5.41) is 10.5. The molecule has 0 radical (unpaired) electrons. The van der Waals surface area contributed by atoms with Crippen LogP contribution in [0.1, 0.15) is 356 Å². The summed E-state index contributed by atoms with van der Waals surface area (Å²) >= 11 is 0. The van der Waals surface area contributed by atoms with Gasteiger partial charge < -0.3 is 33.8 Å². The predicted molar refractivity (Wildman–Crippen MR) is 354 cm³/mol. The highest BCUT2D eigenvalue weighted by atomic mass is 31.2. The molecule has 6 atom stereocenters. The number of aliphatic hydroxyl groups is 1. The van der Waals surface area contributed by atoms with Crippen LogP contribution in [0.4, 0.5) is 0 Å². The molecule has 0 spiro atoms. The largest absolute Gasteiger partial charge is 0.472 e. The number of phosphoric ester groups is 2. The first kappa shape index (κ1) is 86.1. The van der Waals surface area contributed by atoms with Gasteiger partial charge in [0.1, 0.15) is 19.3 Å². The smallest absolute Gasteiger partial charge is 0.462 e. The average Bonchev–Trinajstić information content (AvgIpc) is 3.55. The molecule has 0 aliphatic carbocycles. The Morgan fingerprint density at radius 3 is 0.807 bits per heavy atom. The fourth-order valence-electron chi connectivity index (χ4n) is 10.4. The second kappa shape index (κ2) is 62.5. The number of aliphatic hydroxyl groups excluding tert-OH is 1. The Labute approximate surface area is 537 Å². The van der Waals surface area contributed by atoms with E-state index in [9.17, 15) is 43.2 Å². The van der Waals surface area contributed by atoms with Crippen LogP contribution in [0.2, 0.25) is 0 Å². The first-order chi connectivity index (χ1) is 42.6. The van der Waals surface area contributed by atoms with Gasteiger partial charge in [0.05, 0.1) is 26.4 Å². The number of hydrogen-bond donors (Lipinski definition) is 3. The van der Waals surface area contributed by atoms with Crippen LogP contribution >= 0.6 is 15.6 Å². The van der Waals surface area contributed by atoms with Crippen LogP contribution in [0, 0.1) is 5.92 Å². The lowest BCUT2D eigenvalue weighted by atomic mass is 9.99. The molecule has 0 fully saturated rings. The second-order valence-electron chi connectivity index (χ2n) is 25.2. The van der Waals surface area contributed by atoms with Gasteiger partial charge in [0, 0.05) is 25.7 Å². The number of carbonyl (C=O) groups is 4. The van der Waals surface area contributed by atoms with Crippen LogP contribution in [0.3, 0.4) is 0 Å². The molecule has 0 saturated carbocycles. The molecule has 17 nitrogen and oxygen atoms in total. The highest BCUT2D eigenvalue weighted by Crippen LogP contribution is 2.45. The summed E-state index contributed by atoms with van der Waals surface area (Å²) in [5.74, 6) is -1.32. The fourth-order valence-corrected chi connectivity index (χ4v) is 12.0. The molecule has 3 unspecified atom stereocenters. The Kier molecular flexibility index (Phi) is 61.1. The van der Waals surface area contributed by atoms with E-state index >= 15 is 0 Å². The van der Waals surface area contributed by atoms with Crippen LogP contribution in [-0.4, -0.2) is 96.7 Å². The summed E-state index contributed by atoms with van der Waals surface area (Å²) in [6.45, 7) is 7.18. The highest BCUT2D eigenvalue weighted by molar-refractivity contribution is 7.47. The Morgan fingerprint density at radius 1 is 0.318 bits per heavy atom. The molecule has 0 bridgehead atoms. The molecule has 0 aromatic heterocycles. The third-order valence-corrected chi connectivity index (χ3v) is 18.3. The molecular weight excluding hydrogens is 1160 g/mol. The fraction of sp³-hybridized carbons (Fsp3) is 0.942. The number of rotatable bonds is 69. The van der Waals surface area contributed by atoms with Crippen molar-refractivity contribution in [2.45, 2.75) is 374 Å². The van der Waals surface area contributed by atoms with E-state index in [1.165, 1.54) is 154 Å². The van der Waals surface area contributed by atoms with Crippen LogP contribution in [-0.2, 0) is 65.4 Å². The van der Waals surface area contributed by atoms with Gasteiger partial charge in [-0.15, -0.1) is 0 Å². The van der Waals surface area contributed by atoms with Crippen molar-refractivity contribution in [1.82, 2.24) is 0 Å². The first-order valence-electron chi connectivity index (χ1n) is 36.2. The average molecular weight is 1300 g/mol. The maximum absolute atomic E-state index is 13.0. The quantitative estimate of drug-likeness (QED) is 0.0222. The lowest BCUT2D eigenvalue weighted by Gasteiger charge is -2.21. The van der Waals surface area contributed by atoms with E-state index in [4.69, 9.17) is 37.0 Å². The molecule has 0 aliphatic heterocycles. The topological polar surface area (TPSA) is 237 Å². The Hall–Kier alpha value is -1.94. The molecular formula is C69H134O17P2. The molecule has 0 saturated heterocycles. The van der Waals surface area contributed by atoms with E-state index in [2.05, 4.69) is 34.6 Å². The zero-order chi connectivity index (χ0) is 64.9. The molecule has 0 aliphatic rings. The van der Waals surface area contributed by atoms with Crippen molar-refractivity contribution in [3.05, 3.63) is 0 Å². The molecule has 0 aromatic rings. The number of ether oxygens (including phenoxy) is 4. The monoisotopic (exact) mass is 1300 g/mol. The van der Waals surface area contributed by atoms with Gasteiger partial charge in [-0.2, -0.15) is 0 Å². The number of unbranched alkanes of at least 4 members (excludes halogenated alkanes) is 40. The van der Waals surface area contributed by atoms with Crippen molar-refractivity contribution in [3.63, 3.8) is 0 Å². The molecule has 88 heavy (non-hydrogen) atoms. The zero-order valence-corrected chi connectivity index (χ0v) is 58.6. The highest BCUT2D eigenvalue weighted by Gasteiger charge is 2.30. The third kappa shape index (κ3) is 61.6. The molecule has 19 heteroatoms. The van der Waals surface area contributed by atoms with Crippen LogP contribution in [0.5, 0.6) is 0 Å². The lowest BCUT2D eigenvalue weighted by molar-refractivity contribution is -0.161. The van der Waals surface area contributed by atoms with Crippen molar-refractivity contribution >= 4 is 39.5 Å². The Bertz CT molecular complexity index is 1710. The molecule has 0 amide bonds. The molecule has 3 N–H and O–H groups in total. The van der Waals surface area contributed by atoms with Crippen LogP contribution in [0.25, 0.3) is 0 Å². The standard InChI is InChI=1S/C69H134O17P2/c1-6-10-13-16-19-20-21-22-23-24-25-26-27-28-29-30-35-40-45-50-55-69(74)86-65(59-80-67(72)53-48-43-39-34-32-31-33-38-41-46-51-62(5)9-4)61-84-88(77,78)82-57-63(70)56-81-87(75,76)83-60-64(85-68(73)54-49-44-37-18-15-12-8-3)58-79-66(71)52-47-42-36-17-14-11-7-2/h62-65,70H,6-61H2,1-5H3,(H,75,76)(H,77,78)/t62?,63-,64+,65+/m0/s1. The van der Waals surface area contributed by atoms with E-state index in [0.29, 0.717) is 25.7 Å². The second-order valence-corrected chi connectivity index (χ2v) is 28.1. The summed E-state index contributed by atoms with van der Waals surface area (Å²) in [7, 11) is -9.88. The van der Waals surface area contributed by atoms with Gasteiger partial charge in [-0.1, -0.05) is 304 Å². The van der Waals surface area contributed by atoms with E-state index in [-0.39, 0.29) is 25.7 Å². The van der Waals surface area contributed by atoms with Crippen LogP contribution in [0.15, 0.2) is 0 Å². The van der Waals surface area contributed by atoms with E-state index in [0.717, 1.165) is 121 Å². The predicted octanol–water partition coefficient (Wildman–Crippen LogP) is 19.7. The van der Waals surface area contributed by atoms with Gasteiger partial charge in [-0.05, 0) is 31.6 Å². The van der Waals surface area contributed by atoms with Gasteiger partial charge >= 0.3 is 39.5 Å². The summed E-state index contributed by atoms with van der Waals surface area (Å²) < 4.78 is 68.0.